The highest BCUT2D eigenvalue weighted by atomic mass is 35.5. The Morgan fingerprint density at radius 3 is 2.68 bits per heavy atom. The van der Waals surface area contributed by atoms with E-state index in [0.717, 1.165) is 36.0 Å². The third kappa shape index (κ3) is 3.87. The zero-order valence-corrected chi connectivity index (χ0v) is 12.8. The minimum absolute atomic E-state index is 0.231. The molecule has 0 aliphatic heterocycles. The van der Waals surface area contributed by atoms with Crippen LogP contribution >= 0.6 is 11.6 Å². The summed E-state index contributed by atoms with van der Waals surface area (Å²) in [7, 11) is 2.14. The van der Waals surface area contributed by atoms with Crippen LogP contribution in [0.15, 0.2) is 18.2 Å². The summed E-state index contributed by atoms with van der Waals surface area (Å²) in [6, 6.07) is 6.60. The van der Waals surface area contributed by atoms with E-state index in [9.17, 15) is 0 Å². The number of anilines is 1. The lowest BCUT2D eigenvalue weighted by Gasteiger charge is -2.31. The van der Waals surface area contributed by atoms with Gasteiger partial charge in [0.25, 0.3) is 0 Å². The molecule has 1 aromatic rings. The van der Waals surface area contributed by atoms with Crippen LogP contribution in [-0.2, 0) is 6.42 Å². The molecule has 1 aliphatic rings. The summed E-state index contributed by atoms with van der Waals surface area (Å²) in [5, 5.41) is 0.850. The number of hydrogen-bond donors (Lipinski definition) is 1. The van der Waals surface area contributed by atoms with E-state index in [1.54, 1.807) is 0 Å². The molecule has 1 saturated carbocycles. The molecule has 3 heteroatoms. The Kier molecular flexibility index (Phi) is 5.12. The molecule has 1 fully saturated rings. The van der Waals surface area contributed by atoms with Crippen molar-refractivity contribution < 1.29 is 0 Å². The average Bonchev–Trinajstić information content (AvgIpc) is 2.33. The SMILES string of the molecule is CCC(N)Cc1ccc(N(C)CC2CCC2)c(Cl)c1. The molecule has 19 heavy (non-hydrogen) atoms. The number of rotatable bonds is 6. The van der Waals surface area contributed by atoms with Crippen LogP contribution in [0.25, 0.3) is 0 Å². The van der Waals surface area contributed by atoms with E-state index in [0.29, 0.717) is 0 Å². The quantitative estimate of drug-likeness (QED) is 0.857. The third-order valence-electron chi connectivity index (χ3n) is 4.20. The van der Waals surface area contributed by atoms with Gasteiger partial charge in [-0.25, -0.2) is 0 Å². The fraction of sp³-hybridized carbons (Fsp3) is 0.625. The lowest BCUT2D eigenvalue weighted by molar-refractivity contribution is 0.321. The first kappa shape index (κ1) is 14.7. The van der Waals surface area contributed by atoms with E-state index in [-0.39, 0.29) is 6.04 Å². The molecular formula is C16H25ClN2. The zero-order valence-electron chi connectivity index (χ0n) is 12.0. The van der Waals surface area contributed by atoms with Crippen LogP contribution in [-0.4, -0.2) is 19.6 Å². The molecule has 0 spiro atoms. The molecular weight excluding hydrogens is 256 g/mol. The molecule has 0 saturated heterocycles. The monoisotopic (exact) mass is 280 g/mol. The van der Waals surface area contributed by atoms with Gasteiger partial charge in [0, 0.05) is 19.6 Å². The molecule has 1 aliphatic carbocycles. The smallest absolute Gasteiger partial charge is 0.0642 e. The topological polar surface area (TPSA) is 29.3 Å². The summed E-state index contributed by atoms with van der Waals surface area (Å²) < 4.78 is 0. The molecule has 0 bridgehead atoms. The minimum atomic E-state index is 0.231. The van der Waals surface area contributed by atoms with Crippen LogP contribution in [0.4, 0.5) is 5.69 Å². The highest BCUT2D eigenvalue weighted by Gasteiger charge is 2.20. The first-order valence-electron chi connectivity index (χ1n) is 7.35. The minimum Gasteiger partial charge on any atom is -0.373 e. The molecule has 2 nitrogen and oxygen atoms in total. The third-order valence-corrected chi connectivity index (χ3v) is 4.51. The van der Waals surface area contributed by atoms with Gasteiger partial charge in [-0.2, -0.15) is 0 Å². The van der Waals surface area contributed by atoms with Crippen molar-refractivity contribution in [2.24, 2.45) is 11.7 Å². The molecule has 106 valence electrons. The fourth-order valence-electron chi connectivity index (χ4n) is 2.60. The molecule has 2 rings (SSSR count). The van der Waals surface area contributed by atoms with Gasteiger partial charge in [-0.3, -0.25) is 0 Å². The van der Waals surface area contributed by atoms with Gasteiger partial charge in [0.2, 0.25) is 0 Å². The van der Waals surface area contributed by atoms with Crippen molar-refractivity contribution in [2.45, 2.75) is 45.1 Å². The van der Waals surface area contributed by atoms with Gasteiger partial charge in [-0.15, -0.1) is 0 Å². The van der Waals surface area contributed by atoms with Gasteiger partial charge in [0.15, 0.2) is 0 Å². The number of benzene rings is 1. The standard InChI is InChI=1S/C16H25ClN2/c1-3-14(18)9-13-7-8-16(15(17)10-13)19(2)11-12-5-4-6-12/h7-8,10,12,14H,3-6,9,11,18H2,1-2H3. The Hall–Kier alpha value is -0.730. The lowest BCUT2D eigenvalue weighted by Crippen LogP contribution is -2.29. The number of hydrogen-bond acceptors (Lipinski definition) is 2. The molecule has 0 aromatic heterocycles. The molecule has 1 atom stereocenters. The predicted octanol–water partition coefficient (Wildman–Crippen LogP) is 3.86. The largest absolute Gasteiger partial charge is 0.373 e. The van der Waals surface area contributed by atoms with Crippen molar-refractivity contribution >= 4 is 17.3 Å². The van der Waals surface area contributed by atoms with Crippen LogP contribution in [0.5, 0.6) is 0 Å². The van der Waals surface area contributed by atoms with E-state index in [4.69, 9.17) is 17.3 Å². The van der Waals surface area contributed by atoms with E-state index in [2.05, 4.69) is 37.1 Å². The molecule has 1 unspecified atom stereocenters. The second-order valence-electron chi connectivity index (χ2n) is 5.84. The van der Waals surface area contributed by atoms with Crippen LogP contribution < -0.4 is 10.6 Å². The summed E-state index contributed by atoms with van der Waals surface area (Å²) in [5.41, 5.74) is 8.37. The van der Waals surface area contributed by atoms with E-state index in [1.165, 1.54) is 24.8 Å². The van der Waals surface area contributed by atoms with Gasteiger partial charge in [-0.05, 0) is 49.3 Å². The van der Waals surface area contributed by atoms with Gasteiger partial charge in [0.05, 0.1) is 10.7 Å². The predicted molar refractivity (Wildman–Crippen MR) is 84.0 cm³/mol. The van der Waals surface area contributed by atoms with E-state index in [1.807, 2.05) is 0 Å². The van der Waals surface area contributed by atoms with Crippen molar-refractivity contribution in [1.29, 1.82) is 0 Å². The van der Waals surface area contributed by atoms with Crippen molar-refractivity contribution in [3.05, 3.63) is 28.8 Å². The zero-order chi connectivity index (χ0) is 13.8. The number of nitrogens with two attached hydrogens (primary N) is 1. The maximum atomic E-state index is 6.41. The second-order valence-corrected chi connectivity index (χ2v) is 6.24. The lowest BCUT2D eigenvalue weighted by atomic mass is 9.85. The summed E-state index contributed by atoms with van der Waals surface area (Å²) in [5.74, 6) is 0.856. The fourth-order valence-corrected chi connectivity index (χ4v) is 2.94. The van der Waals surface area contributed by atoms with E-state index < -0.39 is 0 Å². The summed E-state index contributed by atoms with van der Waals surface area (Å²) in [4.78, 5) is 2.29. The Bertz CT molecular complexity index is 415. The van der Waals surface area contributed by atoms with Crippen molar-refractivity contribution in [1.82, 2.24) is 0 Å². The first-order valence-corrected chi connectivity index (χ1v) is 7.73. The summed E-state index contributed by atoms with van der Waals surface area (Å²) in [6.45, 7) is 3.24. The van der Waals surface area contributed by atoms with Crippen molar-refractivity contribution in [3.8, 4) is 0 Å². The Morgan fingerprint density at radius 1 is 1.42 bits per heavy atom. The van der Waals surface area contributed by atoms with Crippen LogP contribution in [0, 0.1) is 5.92 Å². The molecule has 2 N–H and O–H groups in total. The normalized spacial score (nSPS) is 17.1. The number of halogens is 1. The van der Waals surface area contributed by atoms with Crippen molar-refractivity contribution in [2.75, 3.05) is 18.5 Å². The second kappa shape index (κ2) is 6.62. The van der Waals surface area contributed by atoms with Crippen molar-refractivity contribution in [3.63, 3.8) is 0 Å². The summed E-state index contributed by atoms with van der Waals surface area (Å²) >= 11 is 6.41. The molecule has 0 heterocycles. The Labute approximate surface area is 121 Å². The highest BCUT2D eigenvalue weighted by Crippen LogP contribution is 2.31. The Balaban J connectivity index is 2.01. The molecule has 0 radical (unpaired) electrons. The molecule has 1 aromatic carbocycles. The van der Waals surface area contributed by atoms with Gasteiger partial charge >= 0.3 is 0 Å². The Morgan fingerprint density at radius 2 is 2.16 bits per heavy atom. The van der Waals surface area contributed by atoms with Gasteiger partial charge < -0.3 is 10.6 Å². The van der Waals surface area contributed by atoms with Gasteiger partial charge in [-0.1, -0.05) is 31.0 Å². The first-order chi connectivity index (χ1) is 9.10. The van der Waals surface area contributed by atoms with Crippen LogP contribution in [0.2, 0.25) is 5.02 Å². The van der Waals surface area contributed by atoms with Crippen LogP contribution in [0.1, 0.15) is 38.2 Å². The maximum Gasteiger partial charge on any atom is 0.0642 e. The molecule has 0 amide bonds. The van der Waals surface area contributed by atoms with E-state index >= 15 is 0 Å². The summed E-state index contributed by atoms with van der Waals surface area (Å²) in [6.07, 6.45) is 6.03. The maximum absolute atomic E-state index is 6.41. The van der Waals surface area contributed by atoms with Gasteiger partial charge in [0.1, 0.15) is 0 Å². The average molecular weight is 281 g/mol. The number of nitrogens with zero attached hydrogens (tertiary/aromatic N) is 1. The highest BCUT2D eigenvalue weighted by molar-refractivity contribution is 6.33. The van der Waals surface area contributed by atoms with Crippen LogP contribution in [0.3, 0.4) is 0 Å².